The van der Waals surface area contributed by atoms with Gasteiger partial charge in [0.05, 0.1) is 7.11 Å². The third kappa shape index (κ3) is 3.31. The highest BCUT2D eigenvalue weighted by Gasteiger charge is 2.25. The number of hydrogen-bond acceptors (Lipinski definition) is 4. The predicted octanol–water partition coefficient (Wildman–Crippen LogP) is 2.83. The predicted molar refractivity (Wildman–Crippen MR) is 80.2 cm³/mol. The van der Waals surface area contributed by atoms with E-state index in [0.29, 0.717) is 16.9 Å². The van der Waals surface area contributed by atoms with Crippen LogP contribution in [-0.2, 0) is 6.54 Å². The van der Waals surface area contributed by atoms with Gasteiger partial charge in [0.15, 0.2) is 0 Å². The summed E-state index contributed by atoms with van der Waals surface area (Å²) in [6.07, 6.45) is 0.890. The normalized spacial score (nSPS) is 24.2. The first-order valence-electron chi connectivity index (χ1n) is 6.63. The summed E-state index contributed by atoms with van der Waals surface area (Å²) in [4.78, 5) is 13.4. The van der Waals surface area contributed by atoms with E-state index in [2.05, 4.69) is 18.7 Å². The van der Waals surface area contributed by atoms with Crippen molar-refractivity contribution in [2.24, 2.45) is 0 Å². The molecule has 1 aromatic carbocycles. The maximum Gasteiger partial charge on any atom is 0.150 e. The summed E-state index contributed by atoms with van der Waals surface area (Å²) in [7, 11) is 1.68. The molecule has 0 bridgehead atoms. The number of carbonyl (C=O) groups is 1. The van der Waals surface area contributed by atoms with Gasteiger partial charge in [-0.3, -0.25) is 9.69 Å². The summed E-state index contributed by atoms with van der Waals surface area (Å²) < 4.78 is 5.40. The molecular formula is C15H21NO2S. The monoisotopic (exact) mass is 279 g/mol. The average molecular weight is 279 g/mol. The SMILES string of the molecule is COc1ccc(C=O)cc1CN1CCSC(C)C1C. The zero-order chi connectivity index (χ0) is 13.8. The van der Waals surface area contributed by atoms with Crippen molar-refractivity contribution in [3.8, 4) is 5.75 Å². The lowest BCUT2D eigenvalue weighted by Gasteiger charge is -2.37. The topological polar surface area (TPSA) is 29.5 Å². The molecule has 0 radical (unpaired) electrons. The van der Waals surface area contributed by atoms with E-state index in [1.54, 1.807) is 13.2 Å². The van der Waals surface area contributed by atoms with Gasteiger partial charge in [-0.1, -0.05) is 6.92 Å². The Morgan fingerprint density at radius 3 is 2.95 bits per heavy atom. The van der Waals surface area contributed by atoms with E-state index in [-0.39, 0.29) is 0 Å². The van der Waals surface area contributed by atoms with E-state index in [1.807, 2.05) is 23.9 Å². The number of nitrogens with zero attached hydrogens (tertiary/aromatic N) is 1. The Balaban J connectivity index is 2.19. The van der Waals surface area contributed by atoms with E-state index in [1.165, 1.54) is 5.75 Å². The first-order valence-corrected chi connectivity index (χ1v) is 7.68. The standard InChI is InChI=1S/C15H21NO2S/c1-11-12(2)19-7-6-16(11)9-14-8-13(10-17)4-5-15(14)18-3/h4-5,8,10-12H,6-7,9H2,1-3H3. The van der Waals surface area contributed by atoms with Crippen molar-refractivity contribution in [3.63, 3.8) is 0 Å². The molecular weight excluding hydrogens is 258 g/mol. The molecule has 1 aromatic rings. The zero-order valence-electron chi connectivity index (χ0n) is 11.8. The largest absolute Gasteiger partial charge is 0.496 e. The van der Waals surface area contributed by atoms with Crippen LogP contribution in [-0.4, -0.2) is 41.9 Å². The smallest absolute Gasteiger partial charge is 0.150 e. The summed E-state index contributed by atoms with van der Waals surface area (Å²) in [5.41, 5.74) is 1.81. The summed E-state index contributed by atoms with van der Waals surface area (Å²) in [5.74, 6) is 2.03. The molecule has 0 saturated carbocycles. The van der Waals surface area contributed by atoms with Gasteiger partial charge < -0.3 is 4.74 Å². The van der Waals surface area contributed by atoms with Gasteiger partial charge >= 0.3 is 0 Å². The molecule has 0 N–H and O–H groups in total. The molecule has 0 spiro atoms. The van der Waals surface area contributed by atoms with Crippen molar-refractivity contribution in [3.05, 3.63) is 29.3 Å². The highest BCUT2D eigenvalue weighted by Crippen LogP contribution is 2.28. The van der Waals surface area contributed by atoms with Crippen LogP contribution in [0.4, 0.5) is 0 Å². The summed E-state index contributed by atoms with van der Waals surface area (Å²) in [6, 6.07) is 6.16. The van der Waals surface area contributed by atoms with Crippen LogP contribution in [0.25, 0.3) is 0 Å². The Bertz CT molecular complexity index is 450. The second-order valence-corrected chi connectivity index (χ2v) is 6.46. The van der Waals surface area contributed by atoms with Crippen molar-refractivity contribution >= 4 is 18.0 Å². The van der Waals surface area contributed by atoms with Gasteiger partial charge in [-0.2, -0.15) is 11.8 Å². The van der Waals surface area contributed by atoms with Gasteiger partial charge in [0.25, 0.3) is 0 Å². The van der Waals surface area contributed by atoms with E-state index in [9.17, 15) is 4.79 Å². The summed E-state index contributed by atoms with van der Waals surface area (Å²) >= 11 is 2.03. The Morgan fingerprint density at radius 2 is 2.26 bits per heavy atom. The van der Waals surface area contributed by atoms with Crippen LogP contribution in [0.15, 0.2) is 18.2 Å². The maximum absolute atomic E-state index is 10.9. The van der Waals surface area contributed by atoms with Gasteiger partial charge in [0.1, 0.15) is 12.0 Å². The third-order valence-corrected chi connectivity index (χ3v) is 5.17. The van der Waals surface area contributed by atoms with Crippen LogP contribution in [0, 0.1) is 0 Å². The van der Waals surface area contributed by atoms with Crippen LogP contribution in [0.1, 0.15) is 29.8 Å². The Hall–Kier alpha value is -1.00. The minimum absolute atomic E-state index is 0.545. The molecule has 19 heavy (non-hydrogen) atoms. The first kappa shape index (κ1) is 14.4. The molecule has 0 amide bonds. The molecule has 4 heteroatoms. The molecule has 3 nitrogen and oxygen atoms in total. The molecule has 1 saturated heterocycles. The summed E-state index contributed by atoms with van der Waals surface area (Å²) in [5, 5.41) is 0.647. The number of thioether (sulfide) groups is 1. The highest BCUT2D eigenvalue weighted by molar-refractivity contribution is 8.00. The van der Waals surface area contributed by atoms with Gasteiger partial charge in [-0.05, 0) is 25.1 Å². The van der Waals surface area contributed by atoms with Crippen LogP contribution in [0.5, 0.6) is 5.75 Å². The third-order valence-electron chi connectivity index (χ3n) is 3.83. The lowest BCUT2D eigenvalue weighted by Crippen LogP contribution is -2.44. The summed E-state index contributed by atoms with van der Waals surface area (Å²) in [6.45, 7) is 6.48. The van der Waals surface area contributed by atoms with Gasteiger partial charge in [0, 0.05) is 41.3 Å². The van der Waals surface area contributed by atoms with Crippen LogP contribution >= 0.6 is 11.8 Å². The molecule has 2 rings (SSSR count). The van der Waals surface area contributed by atoms with Gasteiger partial charge in [-0.25, -0.2) is 0 Å². The number of ether oxygens (including phenoxy) is 1. The van der Waals surface area contributed by atoms with Gasteiger partial charge in [0.2, 0.25) is 0 Å². The fourth-order valence-corrected chi connectivity index (χ4v) is 3.60. The minimum atomic E-state index is 0.545. The van der Waals surface area contributed by atoms with Crippen molar-refractivity contribution in [2.75, 3.05) is 19.4 Å². The van der Waals surface area contributed by atoms with E-state index >= 15 is 0 Å². The molecule has 2 unspecified atom stereocenters. The van der Waals surface area contributed by atoms with Crippen molar-refractivity contribution in [2.45, 2.75) is 31.7 Å². The van der Waals surface area contributed by atoms with E-state index in [0.717, 1.165) is 30.7 Å². The van der Waals surface area contributed by atoms with Crippen molar-refractivity contribution in [1.82, 2.24) is 4.90 Å². The Labute approximate surface area is 119 Å². The number of benzene rings is 1. The van der Waals surface area contributed by atoms with Crippen LogP contribution in [0.2, 0.25) is 0 Å². The average Bonchev–Trinajstić information content (AvgIpc) is 2.43. The molecule has 1 heterocycles. The van der Waals surface area contributed by atoms with Crippen molar-refractivity contribution < 1.29 is 9.53 Å². The Morgan fingerprint density at radius 1 is 1.47 bits per heavy atom. The van der Waals surface area contributed by atoms with E-state index < -0.39 is 0 Å². The minimum Gasteiger partial charge on any atom is -0.496 e. The van der Waals surface area contributed by atoms with Gasteiger partial charge in [-0.15, -0.1) is 0 Å². The highest BCUT2D eigenvalue weighted by atomic mass is 32.2. The molecule has 1 aliphatic heterocycles. The molecule has 104 valence electrons. The Kier molecular flexibility index (Phi) is 4.88. The lowest BCUT2D eigenvalue weighted by atomic mass is 10.1. The van der Waals surface area contributed by atoms with Crippen LogP contribution < -0.4 is 4.74 Å². The second kappa shape index (κ2) is 6.44. The van der Waals surface area contributed by atoms with E-state index in [4.69, 9.17) is 4.74 Å². The number of carbonyl (C=O) groups excluding carboxylic acids is 1. The molecule has 0 aliphatic carbocycles. The second-order valence-electron chi connectivity index (χ2n) is 4.98. The van der Waals surface area contributed by atoms with Crippen LogP contribution in [0.3, 0.4) is 0 Å². The number of methoxy groups -OCH3 is 1. The number of hydrogen-bond donors (Lipinski definition) is 0. The fourth-order valence-electron chi connectivity index (χ4n) is 2.43. The number of aldehydes is 1. The fraction of sp³-hybridized carbons (Fsp3) is 0.533. The van der Waals surface area contributed by atoms with Crippen molar-refractivity contribution in [1.29, 1.82) is 0 Å². The molecule has 1 fully saturated rings. The molecule has 0 aromatic heterocycles. The molecule has 2 atom stereocenters. The maximum atomic E-state index is 10.9. The quantitative estimate of drug-likeness (QED) is 0.793. The zero-order valence-corrected chi connectivity index (χ0v) is 12.6. The molecule has 1 aliphatic rings. The lowest BCUT2D eigenvalue weighted by molar-refractivity contribution is 0.112. The number of rotatable bonds is 4. The first-order chi connectivity index (χ1) is 9.15.